The number of ketones is 2. The molecule has 0 heterocycles. The maximum atomic E-state index is 13.9. The number of benzene rings is 1. The summed E-state index contributed by atoms with van der Waals surface area (Å²) in [6.07, 6.45) is -1.13. The number of phenols is 1. The van der Waals surface area contributed by atoms with Gasteiger partial charge in [-0.15, -0.1) is 0 Å². The molecule has 15 heteroatoms. The van der Waals surface area contributed by atoms with Gasteiger partial charge < -0.3 is 45.0 Å². The van der Waals surface area contributed by atoms with Gasteiger partial charge in [0.25, 0.3) is 5.91 Å². The zero-order valence-corrected chi connectivity index (χ0v) is 28.5. The highest BCUT2D eigenvalue weighted by molar-refractivity contribution is 6.22. The normalized spacial score (nSPS) is 22.4. The van der Waals surface area contributed by atoms with Gasteiger partial charge in [0.15, 0.2) is 18.1 Å². The number of Topliss-reactive ketones (excluding diaryl/α,β-unsaturated/α-hetero) is 2. The Labute approximate surface area is 278 Å². The van der Waals surface area contributed by atoms with Gasteiger partial charge in [-0.3, -0.25) is 24.1 Å². The van der Waals surface area contributed by atoms with E-state index in [4.69, 9.17) is 15.2 Å². The molecule has 15 nitrogen and oxygen atoms in total. The lowest BCUT2D eigenvalue weighted by Crippen LogP contribution is -2.58. The van der Waals surface area contributed by atoms with Gasteiger partial charge in [-0.25, -0.2) is 4.79 Å². The number of aliphatic hydroxyl groups is 3. The summed E-state index contributed by atoms with van der Waals surface area (Å²) in [5, 5.41) is 45.7. The van der Waals surface area contributed by atoms with Crippen molar-refractivity contribution in [3.05, 3.63) is 39.7 Å². The number of carbonyl (C=O) groups is 5. The van der Waals surface area contributed by atoms with E-state index >= 15 is 0 Å². The van der Waals surface area contributed by atoms with E-state index in [0.717, 1.165) is 0 Å². The van der Waals surface area contributed by atoms with Crippen LogP contribution in [0.25, 0.3) is 5.76 Å². The number of anilines is 1. The number of esters is 1. The molecule has 0 aromatic heterocycles. The molecule has 6 N–H and O–H groups in total. The average molecular weight is 674 g/mol. The van der Waals surface area contributed by atoms with Crippen molar-refractivity contribution in [3.8, 4) is 5.75 Å². The quantitative estimate of drug-likeness (QED) is 0.115. The van der Waals surface area contributed by atoms with Gasteiger partial charge in [0.1, 0.15) is 22.8 Å². The van der Waals surface area contributed by atoms with Crippen molar-refractivity contribution in [2.75, 3.05) is 53.6 Å². The van der Waals surface area contributed by atoms with E-state index in [0.29, 0.717) is 11.3 Å². The maximum absolute atomic E-state index is 13.9. The zero-order chi connectivity index (χ0) is 36.3. The lowest BCUT2D eigenvalue weighted by molar-refractivity contribution is -0.879. The summed E-state index contributed by atoms with van der Waals surface area (Å²) < 4.78 is 10.6. The first-order valence-electron chi connectivity index (χ1n) is 15.4. The second-order valence-electron chi connectivity index (χ2n) is 14.9. The number of nitrogens with two attached hydrogens (primary N) is 1. The van der Waals surface area contributed by atoms with Gasteiger partial charge in [-0.05, 0) is 51.2 Å². The molecule has 0 spiro atoms. The molecule has 48 heavy (non-hydrogen) atoms. The maximum Gasteiger partial charge on any atom is 0.417 e. The van der Waals surface area contributed by atoms with Crippen molar-refractivity contribution < 1.29 is 58.4 Å². The van der Waals surface area contributed by atoms with Crippen LogP contribution in [0.4, 0.5) is 10.5 Å². The van der Waals surface area contributed by atoms with Crippen molar-refractivity contribution in [1.29, 1.82) is 0 Å². The molecule has 0 unspecified atom stereocenters. The van der Waals surface area contributed by atoms with Crippen molar-refractivity contribution in [1.82, 2.24) is 4.90 Å². The third kappa shape index (κ3) is 6.43. The Kier molecular flexibility index (Phi) is 9.38. The van der Waals surface area contributed by atoms with Crippen molar-refractivity contribution in [2.24, 2.45) is 23.0 Å². The second-order valence-corrected chi connectivity index (χ2v) is 14.9. The number of rotatable bonds is 8. The van der Waals surface area contributed by atoms with E-state index in [9.17, 15) is 44.4 Å². The van der Waals surface area contributed by atoms with Crippen LogP contribution in [-0.2, 0) is 41.6 Å². The molecule has 3 atom stereocenters. The highest BCUT2D eigenvalue weighted by Crippen LogP contribution is 2.53. The van der Waals surface area contributed by atoms with Gasteiger partial charge in [0, 0.05) is 43.3 Å². The van der Waals surface area contributed by atoms with E-state index < -0.39 is 88.4 Å². The Morgan fingerprint density at radius 1 is 1.06 bits per heavy atom. The molecule has 3 aliphatic rings. The number of hydrogen-bond acceptors (Lipinski definition) is 12. The number of hydrogen-bond donors (Lipinski definition) is 5. The smallest absolute Gasteiger partial charge is 0.417 e. The van der Waals surface area contributed by atoms with E-state index in [1.54, 1.807) is 45.8 Å². The van der Waals surface area contributed by atoms with Crippen LogP contribution < -0.4 is 10.6 Å². The Balaban J connectivity index is 1.78. The fraction of sp³-hybridized carbons (Fsp3) is 0.545. The number of fused-ring (bicyclic) bond motifs is 3. The van der Waals surface area contributed by atoms with Crippen LogP contribution in [0.2, 0.25) is 0 Å². The van der Waals surface area contributed by atoms with Crippen LogP contribution in [0.5, 0.6) is 5.75 Å². The minimum absolute atomic E-state index is 0.00119. The topological polar surface area (TPSA) is 217 Å². The van der Waals surface area contributed by atoms with Crippen LogP contribution in [-0.4, -0.2) is 114 Å². The van der Waals surface area contributed by atoms with Gasteiger partial charge in [-0.2, -0.15) is 0 Å². The van der Waals surface area contributed by atoms with Crippen LogP contribution in [0.3, 0.4) is 0 Å². The Hall–Kier alpha value is -4.63. The van der Waals surface area contributed by atoms with Gasteiger partial charge in [-0.1, -0.05) is 0 Å². The number of carbonyl (C=O) groups excluding carboxylic acids is 5. The summed E-state index contributed by atoms with van der Waals surface area (Å²) in [6.45, 7) is 4.20. The summed E-state index contributed by atoms with van der Waals surface area (Å²) in [7, 11) is 8.97. The lowest BCUT2D eigenvalue weighted by atomic mass is 9.59. The molecular weight excluding hydrogens is 628 g/mol. The molecule has 1 aromatic carbocycles. The SMILES string of the molecule is CN(C)c1cc(CN(C[N+](C)(C)C)C(=O)OCOC(=O)C(C)(C)C)c(O)c2c1C[C@H]1C[C@H]3CC(=O)C(C(N)=O)=C(O)[C@@]3(O)C(=O)C1=C2O. The molecule has 0 aliphatic heterocycles. The van der Waals surface area contributed by atoms with Crippen molar-refractivity contribution in [3.63, 3.8) is 0 Å². The third-order valence-electron chi connectivity index (χ3n) is 8.80. The molecule has 262 valence electrons. The van der Waals surface area contributed by atoms with Gasteiger partial charge in [0.2, 0.25) is 12.6 Å². The number of aromatic hydroxyl groups is 1. The summed E-state index contributed by atoms with van der Waals surface area (Å²) in [5.74, 6) is -7.78. The summed E-state index contributed by atoms with van der Waals surface area (Å²) >= 11 is 0. The van der Waals surface area contributed by atoms with E-state index in [-0.39, 0.29) is 47.2 Å². The first-order valence-corrected chi connectivity index (χ1v) is 15.4. The Bertz CT molecular complexity index is 1650. The van der Waals surface area contributed by atoms with Crippen molar-refractivity contribution in [2.45, 2.75) is 52.2 Å². The van der Waals surface area contributed by atoms with Gasteiger partial charge >= 0.3 is 12.1 Å². The van der Waals surface area contributed by atoms with Gasteiger partial charge in [0.05, 0.1) is 38.7 Å². The summed E-state index contributed by atoms with van der Waals surface area (Å²) in [5.41, 5.74) is 1.77. The monoisotopic (exact) mass is 673 g/mol. The molecular formula is C33H45N4O11+. The largest absolute Gasteiger partial charge is 0.508 e. The predicted octanol–water partition coefficient (Wildman–Crippen LogP) is 1.64. The van der Waals surface area contributed by atoms with Crippen LogP contribution in [0, 0.1) is 17.3 Å². The number of nitrogens with zero attached hydrogens (tertiary/aromatic N) is 3. The van der Waals surface area contributed by atoms with E-state index in [1.807, 2.05) is 21.1 Å². The number of aliphatic hydroxyl groups excluding tert-OH is 2. The Morgan fingerprint density at radius 2 is 1.69 bits per heavy atom. The molecule has 3 aliphatic carbocycles. The van der Waals surface area contributed by atoms with E-state index in [2.05, 4.69) is 0 Å². The minimum Gasteiger partial charge on any atom is -0.508 e. The lowest BCUT2D eigenvalue weighted by Gasteiger charge is -2.46. The molecule has 1 fully saturated rings. The number of quaternary nitrogens is 1. The number of ether oxygens (including phenoxy) is 2. The third-order valence-corrected chi connectivity index (χ3v) is 8.80. The minimum atomic E-state index is -2.69. The standard InChI is InChI=1S/C33H44N4O11/c1-32(2,3)30(44)47-15-48-31(45)36(14-37(6,7)8)13-17-11-20(35(4)5)19-10-16-9-18-12-21(38)24(29(34)43)28(42)33(18,46)27(41)22(16)26(40)23(19)25(17)39/h11,16,18,46H,9-10,12-15H2,1-8H3,(H4-,34,38,39,40,41,42,43)/p+1/t16-,18+,33+/m1/s1. The van der Waals surface area contributed by atoms with Crippen LogP contribution >= 0.6 is 0 Å². The van der Waals surface area contributed by atoms with Crippen LogP contribution in [0.1, 0.15) is 50.3 Å². The number of phenolic OH excluding ortho intramolecular Hbond substituents is 1. The fourth-order valence-corrected chi connectivity index (χ4v) is 6.57. The molecule has 0 radical (unpaired) electrons. The molecule has 2 amide bonds. The summed E-state index contributed by atoms with van der Waals surface area (Å²) in [4.78, 5) is 67.0. The van der Waals surface area contributed by atoms with E-state index in [1.165, 1.54) is 4.90 Å². The number of amides is 2. The average Bonchev–Trinajstić information content (AvgIpc) is 2.94. The molecule has 1 aromatic rings. The fourth-order valence-electron chi connectivity index (χ4n) is 6.57. The number of primary amides is 1. The second kappa shape index (κ2) is 12.4. The molecule has 0 bridgehead atoms. The molecule has 1 saturated carbocycles. The first kappa shape index (κ1) is 36.2. The zero-order valence-electron chi connectivity index (χ0n) is 28.5. The van der Waals surface area contributed by atoms with Crippen LogP contribution in [0.15, 0.2) is 23.0 Å². The predicted molar refractivity (Wildman–Crippen MR) is 171 cm³/mol. The molecule has 0 saturated heterocycles. The van der Waals surface area contributed by atoms with Crippen molar-refractivity contribution >= 4 is 41.0 Å². The first-order chi connectivity index (χ1) is 22.0. The highest BCUT2D eigenvalue weighted by atomic mass is 16.7. The molecule has 4 rings (SSSR count). The Morgan fingerprint density at radius 3 is 2.23 bits per heavy atom. The highest BCUT2D eigenvalue weighted by Gasteiger charge is 2.60. The summed E-state index contributed by atoms with van der Waals surface area (Å²) in [6, 6.07) is 1.65.